The summed E-state index contributed by atoms with van der Waals surface area (Å²) in [5.74, 6) is -1.16. The maximum absolute atomic E-state index is 12.4. The zero-order valence-electron chi connectivity index (χ0n) is 15.4. The quantitative estimate of drug-likeness (QED) is 0.744. The number of rotatable bonds is 8. The number of hydrogen-bond acceptors (Lipinski definition) is 4. The fourth-order valence-corrected chi connectivity index (χ4v) is 3.29. The summed E-state index contributed by atoms with van der Waals surface area (Å²) in [6, 6.07) is 8.91. The average Bonchev–Trinajstić information content (AvgIpc) is 3.36. The molecule has 7 nitrogen and oxygen atoms in total. The van der Waals surface area contributed by atoms with Crippen molar-refractivity contribution in [1.29, 1.82) is 0 Å². The van der Waals surface area contributed by atoms with Crippen molar-refractivity contribution >= 4 is 11.9 Å². The molecule has 1 heterocycles. The van der Waals surface area contributed by atoms with Crippen LogP contribution in [0.5, 0.6) is 0 Å². The van der Waals surface area contributed by atoms with Crippen LogP contribution in [0.15, 0.2) is 36.5 Å². The van der Waals surface area contributed by atoms with E-state index in [1.54, 1.807) is 6.20 Å². The van der Waals surface area contributed by atoms with Crippen LogP contribution < -0.4 is 5.32 Å². The highest BCUT2D eigenvalue weighted by atomic mass is 16.5. The molecule has 144 valence electrons. The van der Waals surface area contributed by atoms with Gasteiger partial charge in [0.1, 0.15) is 6.10 Å². The van der Waals surface area contributed by atoms with E-state index in [-0.39, 0.29) is 17.7 Å². The summed E-state index contributed by atoms with van der Waals surface area (Å²) < 4.78 is 7.45. The zero-order chi connectivity index (χ0) is 19.2. The average molecular weight is 371 g/mol. The van der Waals surface area contributed by atoms with Crippen LogP contribution in [-0.2, 0) is 16.1 Å². The summed E-state index contributed by atoms with van der Waals surface area (Å²) in [5.41, 5.74) is 1.64. The number of nitrogens with zero attached hydrogens (tertiary/aromatic N) is 2. The van der Waals surface area contributed by atoms with Crippen LogP contribution in [0.4, 0.5) is 0 Å². The van der Waals surface area contributed by atoms with Gasteiger partial charge in [0.05, 0.1) is 11.8 Å². The molecule has 2 N–H and O–H groups in total. The van der Waals surface area contributed by atoms with Gasteiger partial charge < -0.3 is 15.2 Å². The zero-order valence-corrected chi connectivity index (χ0v) is 15.4. The SMILES string of the molecule is CCC(OC1CCCC1)C(=O)NCc1cccc(-n2ccc(C(=O)O)n2)c1. The van der Waals surface area contributed by atoms with E-state index in [4.69, 9.17) is 9.84 Å². The van der Waals surface area contributed by atoms with Crippen LogP contribution in [0.3, 0.4) is 0 Å². The molecule has 0 saturated heterocycles. The van der Waals surface area contributed by atoms with Crippen molar-refractivity contribution in [3.05, 3.63) is 47.8 Å². The minimum absolute atomic E-state index is 0.0106. The fourth-order valence-electron chi connectivity index (χ4n) is 3.29. The first-order valence-electron chi connectivity index (χ1n) is 9.38. The third kappa shape index (κ3) is 4.95. The van der Waals surface area contributed by atoms with Crippen molar-refractivity contribution in [2.24, 2.45) is 0 Å². The Hall–Kier alpha value is -2.67. The van der Waals surface area contributed by atoms with Crippen molar-refractivity contribution in [3.63, 3.8) is 0 Å². The number of carboxylic acid groups (broad SMARTS) is 1. The van der Waals surface area contributed by atoms with Crippen LogP contribution in [-0.4, -0.2) is 39.0 Å². The van der Waals surface area contributed by atoms with Gasteiger partial charge in [0.2, 0.25) is 5.91 Å². The third-order valence-electron chi connectivity index (χ3n) is 4.77. The highest BCUT2D eigenvalue weighted by Crippen LogP contribution is 2.23. The molecule has 1 aromatic heterocycles. The molecule has 1 atom stereocenters. The molecule has 0 aliphatic heterocycles. The van der Waals surface area contributed by atoms with Crippen molar-refractivity contribution < 1.29 is 19.4 Å². The van der Waals surface area contributed by atoms with Crippen LogP contribution in [0, 0.1) is 0 Å². The van der Waals surface area contributed by atoms with E-state index in [1.165, 1.54) is 23.6 Å². The topological polar surface area (TPSA) is 93.5 Å². The van der Waals surface area contributed by atoms with Crippen LogP contribution >= 0.6 is 0 Å². The maximum Gasteiger partial charge on any atom is 0.356 e. The van der Waals surface area contributed by atoms with Crippen molar-refractivity contribution in [3.8, 4) is 5.69 Å². The summed E-state index contributed by atoms with van der Waals surface area (Å²) >= 11 is 0. The van der Waals surface area contributed by atoms with E-state index in [9.17, 15) is 9.59 Å². The Labute approximate surface area is 158 Å². The summed E-state index contributed by atoms with van der Waals surface area (Å²) in [5, 5.41) is 16.0. The maximum atomic E-state index is 12.4. The number of benzene rings is 1. The fraction of sp³-hybridized carbons (Fsp3) is 0.450. The number of aromatic nitrogens is 2. The highest BCUT2D eigenvalue weighted by Gasteiger charge is 2.24. The van der Waals surface area contributed by atoms with Gasteiger partial charge in [0.25, 0.3) is 0 Å². The van der Waals surface area contributed by atoms with Gasteiger partial charge in [0, 0.05) is 12.7 Å². The largest absolute Gasteiger partial charge is 0.476 e. The van der Waals surface area contributed by atoms with Gasteiger partial charge in [-0.05, 0) is 43.0 Å². The first kappa shape index (κ1) is 19.1. The molecular weight excluding hydrogens is 346 g/mol. The van der Waals surface area contributed by atoms with Crippen molar-refractivity contribution in [2.45, 2.75) is 57.8 Å². The Morgan fingerprint density at radius 2 is 2.11 bits per heavy atom. The number of carbonyl (C=O) groups is 2. The van der Waals surface area contributed by atoms with Gasteiger partial charge >= 0.3 is 5.97 Å². The Balaban J connectivity index is 1.60. The molecule has 0 spiro atoms. The normalized spacial score (nSPS) is 15.6. The number of ether oxygens (including phenoxy) is 1. The van der Waals surface area contributed by atoms with Gasteiger partial charge in [-0.15, -0.1) is 0 Å². The summed E-state index contributed by atoms with van der Waals surface area (Å²) in [6.45, 7) is 2.34. The predicted octanol–water partition coefficient (Wildman–Crippen LogP) is 2.92. The number of nitrogens with one attached hydrogen (secondary N) is 1. The Bertz CT molecular complexity index is 796. The molecule has 7 heteroatoms. The first-order valence-corrected chi connectivity index (χ1v) is 9.38. The Morgan fingerprint density at radius 1 is 1.33 bits per heavy atom. The van der Waals surface area contributed by atoms with E-state index >= 15 is 0 Å². The second-order valence-corrected chi connectivity index (χ2v) is 6.78. The van der Waals surface area contributed by atoms with Gasteiger partial charge in [-0.3, -0.25) is 4.79 Å². The van der Waals surface area contributed by atoms with Gasteiger partial charge in [-0.2, -0.15) is 5.10 Å². The van der Waals surface area contributed by atoms with Crippen LogP contribution in [0.25, 0.3) is 5.69 Å². The minimum Gasteiger partial charge on any atom is -0.476 e. The molecule has 3 rings (SSSR count). The second kappa shape index (κ2) is 8.81. The molecular formula is C20H25N3O4. The van der Waals surface area contributed by atoms with E-state index in [1.807, 2.05) is 31.2 Å². The Kier molecular flexibility index (Phi) is 6.24. The lowest BCUT2D eigenvalue weighted by Gasteiger charge is -2.20. The lowest BCUT2D eigenvalue weighted by Crippen LogP contribution is -2.37. The second-order valence-electron chi connectivity index (χ2n) is 6.78. The molecule has 1 aromatic carbocycles. The number of carboxylic acids is 1. The van der Waals surface area contributed by atoms with E-state index in [0.717, 1.165) is 24.1 Å². The molecule has 1 unspecified atom stereocenters. The molecule has 0 bridgehead atoms. The Morgan fingerprint density at radius 3 is 2.78 bits per heavy atom. The number of aromatic carboxylic acids is 1. The highest BCUT2D eigenvalue weighted by molar-refractivity contribution is 5.85. The molecule has 1 aliphatic carbocycles. The van der Waals surface area contributed by atoms with Gasteiger partial charge in [-0.25, -0.2) is 9.48 Å². The van der Waals surface area contributed by atoms with Crippen molar-refractivity contribution in [2.75, 3.05) is 0 Å². The van der Waals surface area contributed by atoms with Gasteiger partial charge in [-0.1, -0.05) is 31.9 Å². The number of amides is 1. The van der Waals surface area contributed by atoms with E-state index in [0.29, 0.717) is 13.0 Å². The van der Waals surface area contributed by atoms with E-state index in [2.05, 4.69) is 10.4 Å². The summed E-state index contributed by atoms with van der Waals surface area (Å²) in [6.07, 6.45) is 6.45. The molecule has 27 heavy (non-hydrogen) atoms. The third-order valence-corrected chi connectivity index (χ3v) is 4.77. The molecule has 1 amide bonds. The molecule has 1 fully saturated rings. The molecule has 1 saturated carbocycles. The molecule has 2 aromatic rings. The smallest absolute Gasteiger partial charge is 0.356 e. The van der Waals surface area contributed by atoms with E-state index < -0.39 is 12.1 Å². The molecule has 0 radical (unpaired) electrons. The lowest BCUT2D eigenvalue weighted by atomic mass is 10.2. The lowest BCUT2D eigenvalue weighted by molar-refractivity contribution is -0.136. The first-order chi connectivity index (χ1) is 13.1. The van der Waals surface area contributed by atoms with Crippen molar-refractivity contribution in [1.82, 2.24) is 15.1 Å². The predicted molar refractivity (Wildman–Crippen MR) is 99.8 cm³/mol. The standard InChI is InChI=1S/C20H25N3O4/c1-2-18(27-16-8-3-4-9-16)19(24)21-13-14-6-5-7-15(12-14)23-11-10-17(22-23)20(25)26/h5-7,10-12,16,18H,2-4,8-9,13H2,1H3,(H,21,24)(H,25,26). The molecule has 1 aliphatic rings. The summed E-state index contributed by atoms with van der Waals surface area (Å²) in [7, 11) is 0. The number of hydrogen-bond donors (Lipinski definition) is 2. The summed E-state index contributed by atoms with van der Waals surface area (Å²) in [4.78, 5) is 23.4. The minimum atomic E-state index is -1.06. The number of carbonyl (C=O) groups excluding carboxylic acids is 1. The van der Waals surface area contributed by atoms with Crippen LogP contribution in [0.1, 0.15) is 55.1 Å². The monoisotopic (exact) mass is 371 g/mol. The van der Waals surface area contributed by atoms with Gasteiger partial charge in [0.15, 0.2) is 5.69 Å². The van der Waals surface area contributed by atoms with Crippen LogP contribution in [0.2, 0.25) is 0 Å².